The van der Waals surface area contributed by atoms with E-state index >= 15 is 0 Å². The molecule has 0 saturated carbocycles. The highest BCUT2D eigenvalue weighted by atomic mass is 16.5. The number of hydrogen-bond acceptors (Lipinski definition) is 3. The Morgan fingerprint density at radius 2 is 2.07 bits per heavy atom. The lowest BCUT2D eigenvalue weighted by atomic mass is 10.1. The van der Waals surface area contributed by atoms with E-state index in [0.717, 1.165) is 25.7 Å². The Morgan fingerprint density at radius 1 is 1.43 bits per heavy atom. The summed E-state index contributed by atoms with van der Waals surface area (Å²) >= 11 is 0. The Labute approximate surface area is 87.6 Å². The first-order valence-corrected chi connectivity index (χ1v) is 5.73. The van der Waals surface area contributed by atoms with Crippen molar-refractivity contribution in [2.45, 2.75) is 44.7 Å². The lowest BCUT2D eigenvalue weighted by molar-refractivity contribution is 0.0425. The molecule has 84 valence electrons. The van der Waals surface area contributed by atoms with Crippen molar-refractivity contribution in [3.8, 4) is 0 Å². The Bertz CT molecular complexity index is 144. The molecule has 14 heavy (non-hydrogen) atoms. The molecule has 1 atom stereocenters. The SMILES string of the molecule is CC(N)CCCN(C)C1CCOCC1. The van der Waals surface area contributed by atoms with Gasteiger partial charge in [0.15, 0.2) is 0 Å². The van der Waals surface area contributed by atoms with Gasteiger partial charge < -0.3 is 15.4 Å². The molecule has 1 fully saturated rings. The van der Waals surface area contributed by atoms with Crippen molar-refractivity contribution in [3.63, 3.8) is 0 Å². The molecule has 1 unspecified atom stereocenters. The van der Waals surface area contributed by atoms with E-state index in [2.05, 4.69) is 18.9 Å². The molecule has 2 N–H and O–H groups in total. The van der Waals surface area contributed by atoms with Crippen LogP contribution in [0.3, 0.4) is 0 Å². The highest BCUT2D eigenvalue weighted by Gasteiger charge is 2.17. The zero-order valence-electron chi connectivity index (χ0n) is 9.54. The zero-order valence-corrected chi connectivity index (χ0v) is 9.54. The van der Waals surface area contributed by atoms with Gasteiger partial charge >= 0.3 is 0 Å². The van der Waals surface area contributed by atoms with Crippen molar-refractivity contribution in [1.82, 2.24) is 4.90 Å². The molecule has 3 heteroatoms. The van der Waals surface area contributed by atoms with E-state index in [1.165, 1.54) is 25.8 Å². The zero-order chi connectivity index (χ0) is 10.4. The molecule has 0 spiro atoms. The fourth-order valence-corrected chi connectivity index (χ4v) is 1.97. The minimum absolute atomic E-state index is 0.345. The van der Waals surface area contributed by atoms with Crippen LogP contribution in [0, 0.1) is 0 Å². The second kappa shape index (κ2) is 6.38. The molecule has 1 rings (SSSR count). The van der Waals surface area contributed by atoms with E-state index < -0.39 is 0 Å². The molecule has 0 bridgehead atoms. The van der Waals surface area contributed by atoms with Gasteiger partial charge in [-0.15, -0.1) is 0 Å². The van der Waals surface area contributed by atoms with E-state index in [1.54, 1.807) is 0 Å². The van der Waals surface area contributed by atoms with E-state index in [0.29, 0.717) is 6.04 Å². The van der Waals surface area contributed by atoms with Gasteiger partial charge in [-0.25, -0.2) is 0 Å². The molecule has 1 heterocycles. The summed E-state index contributed by atoms with van der Waals surface area (Å²) in [5, 5.41) is 0. The first-order chi connectivity index (χ1) is 6.70. The smallest absolute Gasteiger partial charge is 0.0480 e. The number of hydrogen-bond donors (Lipinski definition) is 1. The van der Waals surface area contributed by atoms with Crippen LogP contribution in [0.4, 0.5) is 0 Å². The molecule has 0 amide bonds. The summed E-state index contributed by atoms with van der Waals surface area (Å²) in [7, 11) is 2.22. The average molecular weight is 200 g/mol. The van der Waals surface area contributed by atoms with Gasteiger partial charge in [0.1, 0.15) is 0 Å². The van der Waals surface area contributed by atoms with Gasteiger partial charge in [-0.2, -0.15) is 0 Å². The van der Waals surface area contributed by atoms with Crippen molar-refractivity contribution in [3.05, 3.63) is 0 Å². The first kappa shape index (κ1) is 12.0. The van der Waals surface area contributed by atoms with Gasteiger partial charge in [-0.05, 0) is 46.2 Å². The molecule has 0 radical (unpaired) electrons. The lowest BCUT2D eigenvalue weighted by Crippen LogP contribution is -2.37. The second-order valence-corrected chi connectivity index (χ2v) is 4.44. The van der Waals surface area contributed by atoms with Crippen molar-refractivity contribution in [2.24, 2.45) is 5.73 Å². The van der Waals surface area contributed by atoms with Crippen LogP contribution >= 0.6 is 0 Å². The lowest BCUT2D eigenvalue weighted by Gasteiger charge is -2.31. The second-order valence-electron chi connectivity index (χ2n) is 4.44. The first-order valence-electron chi connectivity index (χ1n) is 5.73. The maximum absolute atomic E-state index is 5.72. The van der Waals surface area contributed by atoms with Gasteiger partial charge in [0.05, 0.1) is 0 Å². The normalized spacial score (nSPS) is 21.4. The van der Waals surface area contributed by atoms with Crippen molar-refractivity contribution in [2.75, 3.05) is 26.8 Å². The molecular formula is C11H24N2O. The summed E-state index contributed by atoms with van der Waals surface area (Å²) in [5.41, 5.74) is 5.72. The van der Waals surface area contributed by atoms with Crippen molar-refractivity contribution in [1.29, 1.82) is 0 Å². The van der Waals surface area contributed by atoms with E-state index in [1.807, 2.05) is 0 Å². The topological polar surface area (TPSA) is 38.5 Å². The number of nitrogens with two attached hydrogens (primary N) is 1. The maximum Gasteiger partial charge on any atom is 0.0480 e. The summed E-state index contributed by atoms with van der Waals surface area (Å²) in [6.07, 6.45) is 4.72. The van der Waals surface area contributed by atoms with Gasteiger partial charge in [0.25, 0.3) is 0 Å². The quantitative estimate of drug-likeness (QED) is 0.725. The number of nitrogens with zero attached hydrogens (tertiary/aromatic N) is 1. The van der Waals surface area contributed by atoms with Crippen LogP contribution in [0.2, 0.25) is 0 Å². The third-order valence-electron chi connectivity index (χ3n) is 2.98. The average Bonchev–Trinajstić information content (AvgIpc) is 2.18. The van der Waals surface area contributed by atoms with E-state index in [-0.39, 0.29) is 0 Å². The Kier molecular flexibility index (Phi) is 5.45. The van der Waals surface area contributed by atoms with Crippen LogP contribution in [-0.4, -0.2) is 43.8 Å². The highest BCUT2D eigenvalue weighted by Crippen LogP contribution is 2.13. The third kappa shape index (κ3) is 4.40. The number of rotatable bonds is 5. The maximum atomic E-state index is 5.72. The minimum atomic E-state index is 0.345. The van der Waals surface area contributed by atoms with Crippen LogP contribution < -0.4 is 5.73 Å². The fraction of sp³-hybridized carbons (Fsp3) is 1.00. The van der Waals surface area contributed by atoms with Crippen LogP contribution in [0.15, 0.2) is 0 Å². The summed E-state index contributed by atoms with van der Waals surface area (Å²) < 4.78 is 5.35. The molecule has 1 saturated heterocycles. The highest BCUT2D eigenvalue weighted by molar-refractivity contribution is 4.72. The molecule has 0 aromatic carbocycles. The monoisotopic (exact) mass is 200 g/mol. The molecule has 0 aromatic rings. The molecule has 1 aliphatic heterocycles. The fourth-order valence-electron chi connectivity index (χ4n) is 1.97. The molecular weight excluding hydrogens is 176 g/mol. The molecule has 0 aromatic heterocycles. The van der Waals surface area contributed by atoms with E-state index in [4.69, 9.17) is 10.5 Å². The summed E-state index contributed by atoms with van der Waals surface area (Å²) in [6, 6.07) is 1.08. The minimum Gasteiger partial charge on any atom is -0.381 e. The van der Waals surface area contributed by atoms with Gasteiger partial charge in [0.2, 0.25) is 0 Å². The largest absolute Gasteiger partial charge is 0.381 e. The number of ether oxygens (including phenoxy) is 1. The van der Waals surface area contributed by atoms with Gasteiger partial charge in [-0.3, -0.25) is 0 Å². The third-order valence-corrected chi connectivity index (χ3v) is 2.98. The molecule has 1 aliphatic rings. The Balaban J connectivity index is 2.10. The van der Waals surface area contributed by atoms with Gasteiger partial charge in [0, 0.05) is 25.3 Å². The van der Waals surface area contributed by atoms with Crippen LogP contribution in [0.5, 0.6) is 0 Å². The van der Waals surface area contributed by atoms with Crippen LogP contribution in [0.1, 0.15) is 32.6 Å². The Hall–Kier alpha value is -0.120. The summed E-state index contributed by atoms with van der Waals surface area (Å²) in [4.78, 5) is 2.46. The summed E-state index contributed by atoms with van der Waals surface area (Å²) in [5.74, 6) is 0. The Morgan fingerprint density at radius 3 is 2.64 bits per heavy atom. The van der Waals surface area contributed by atoms with Crippen molar-refractivity contribution < 1.29 is 4.74 Å². The van der Waals surface area contributed by atoms with Crippen LogP contribution in [-0.2, 0) is 4.74 Å². The van der Waals surface area contributed by atoms with Crippen molar-refractivity contribution >= 4 is 0 Å². The molecule has 0 aliphatic carbocycles. The van der Waals surface area contributed by atoms with Gasteiger partial charge in [-0.1, -0.05) is 0 Å². The molecule has 3 nitrogen and oxygen atoms in total. The summed E-state index contributed by atoms with van der Waals surface area (Å²) in [6.45, 7) is 5.12. The van der Waals surface area contributed by atoms with Crippen LogP contribution in [0.25, 0.3) is 0 Å². The standard InChI is InChI=1S/C11H24N2O/c1-10(12)4-3-7-13(2)11-5-8-14-9-6-11/h10-11H,3-9,12H2,1-2H3. The van der Waals surface area contributed by atoms with E-state index in [9.17, 15) is 0 Å². The predicted molar refractivity (Wildman–Crippen MR) is 59.4 cm³/mol. The predicted octanol–water partition coefficient (Wildman–Crippen LogP) is 1.22.